The van der Waals surface area contributed by atoms with Crippen molar-refractivity contribution in [2.45, 2.75) is 13.3 Å². The van der Waals surface area contributed by atoms with E-state index < -0.39 is 16.8 Å². The Morgan fingerprint density at radius 3 is 2.50 bits per heavy atom. The van der Waals surface area contributed by atoms with Gasteiger partial charge in [-0.25, -0.2) is 0 Å². The summed E-state index contributed by atoms with van der Waals surface area (Å²) in [7, 11) is 0. The van der Waals surface area contributed by atoms with Crippen molar-refractivity contribution >= 4 is 23.3 Å². The van der Waals surface area contributed by atoms with Crippen LogP contribution in [0.15, 0.2) is 24.3 Å². The molecule has 0 aliphatic carbocycles. The number of carbonyl (C=O) groups is 2. The van der Waals surface area contributed by atoms with Crippen LogP contribution < -0.4 is 4.90 Å². The van der Waals surface area contributed by atoms with E-state index >= 15 is 0 Å². The van der Waals surface area contributed by atoms with Crippen molar-refractivity contribution in [3.63, 3.8) is 0 Å². The molecule has 0 saturated heterocycles. The first-order chi connectivity index (χ1) is 8.43. The predicted octanol–water partition coefficient (Wildman–Crippen LogP) is 1.42. The largest absolute Gasteiger partial charge is 0.481 e. The molecular formula is C11H12N2O5. The molecule has 1 rings (SSSR count). The molecular weight excluding hydrogens is 240 g/mol. The number of nitrogens with zero attached hydrogens (tertiary/aromatic N) is 2. The third-order valence-electron chi connectivity index (χ3n) is 2.30. The lowest BCUT2D eigenvalue weighted by atomic mass is 10.2. The molecule has 0 bridgehead atoms. The summed E-state index contributed by atoms with van der Waals surface area (Å²) in [6.45, 7) is 1.13. The second-order valence-electron chi connectivity index (χ2n) is 3.56. The number of hydrogen-bond donors (Lipinski definition) is 1. The Balaban J connectivity index is 3.09. The molecule has 0 spiro atoms. The van der Waals surface area contributed by atoms with E-state index in [9.17, 15) is 19.7 Å². The summed E-state index contributed by atoms with van der Waals surface area (Å²) >= 11 is 0. The maximum Gasteiger partial charge on any atom is 0.305 e. The minimum Gasteiger partial charge on any atom is -0.481 e. The van der Waals surface area contributed by atoms with Crippen LogP contribution in [0.3, 0.4) is 0 Å². The normalized spacial score (nSPS) is 9.83. The zero-order valence-corrected chi connectivity index (χ0v) is 9.70. The molecule has 1 aromatic rings. The van der Waals surface area contributed by atoms with Gasteiger partial charge in [0.15, 0.2) is 0 Å². The van der Waals surface area contributed by atoms with Crippen molar-refractivity contribution in [1.82, 2.24) is 0 Å². The lowest BCUT2D eigenvalue weighted by Crippen LogP contribution is -2.31. The van der Waals surface area contributed by atoms with Gasteiger partial charge in [-0.1, -0.05) is 12.1 Å². The maximum absolute atomic E-state index is 11.4. The van der Waals surface area contributed by atoms with Crippen LogP contribution >= 0.6 is 0 Å². The zero-order valence-electron chi connectivity index (χ0n) is 9.70. The van der Waals surface area contributed by atoms with Gasteiger partial charge in [0.25, 0.3) is 5.69 Å². The van der Waals surface area contributed by atoms with Gasteiger partial charge in [-0.15, -0.1) is 0 Å². The van der Waals surface area contributed by atoms with Crippen LogP contribution in [0.25, 0.3) is 0 Å². The Kier molecular flexibility index (Phi) is 4.36. The fraction of sp³-hybridized carbons (Fsp3) is 0.273. The number of hydrogen-bond acceptors (Lipinski definition) is 4. The predicted molar refractivity (Wildman–Crippen MR) is 63.4 cm³/mol. The highest BCUT2D eigenvalue weighted by Crippen LogP contribution is 2.27. The number of nitro groups is 1. The SMILES string of the molecule is CC(=O)N(CCC(=O)O)c1ccccc1[N+](=O)[O-]. The summed E-state index contributed by atoms with van der Waals surface area (Å²) in [6.07, 6.45) is -0.272. The molecule has 96 valence electrons. The van der Waals surface area contributed by atoms with E-state index in [4.69, 9.17) is 5.11 Å². The molecule has 7 heteroatoms. The van der Waals surface area contributed by atoms with E-state index in [1.54, 1.807) is 6.07 Å². The number of benzene rings is 1. The summed E-state index contributed by atoms with van der Waals surface area (Å²) in [6, 6.07) is 5.73. The average Bonchev–Trinajstić information content (AvgIpc) is 2.28. The molecule has 0 aliphatic rings. The zero-order chi connectivity index (χ0) is 13.7. The van der Waals surface area contributed by atoms with Gasteiger partial charge < -0.3 is 10.0 Å². The number of rotatable bonds is 5. The van der Waals surface area contributed by atoms with E-state index in [-0.39, 0.29) is 24.3 Å². The molecule has 0 aliphatic heterocycles. The first kappa shape index (κ1) is 13.6. The summed E-state index contributed by atoms with van der Waals surface area (Å²) in [4.78, 5) is 33.3. The average molecular weight is 252 g/mol. The standard InChI is InChI=1S/C11H12N2O5/c1-8(14)12(7-6-11(15)16)9-4-2-3-5-10(9)13(17)18/h2-5H,6-7H2,1H3,(H,15,16). The fourth-order valence-corrected chi connectivity index (χ4v) is 1.50. The summed E-state index contributed by atoms with van der Waals surface area (Å²) < 4.78 is 0. The highest BCUT2D eigenvalue weighted by atomic mass is 16.6. The minimum atomic E-state index is -1.07. The van der Waals surface area contributed by atoms with Gasteiger partial charge in [-0.3, -0.25) is 19.7 Å². The van der Waals surface area contributed by atoms with Crippen molar-refractivity contribution < 1.29 is 19.6 Å². The molecule has 0 saturated carbocycles. The summed E-state index contributed by atoms with van der Waals surface area (Å²) in [5.74, 6) is -1.51. The van der Waals surface area contributed by atoms with Crippen LogP contribution in [0, 0.1) is 10.1 Å². The molecule has 0 heterocycles. The molecule has 18 heavy (non-hydrogen) atoms. The highest BCUT2D eigenvalue weighted by Gasteiger charge is 2.21. The Labute approximate surface area is 103 Å². The first-order valence-corrected chi connectivity index (χ1v) is 5.16. The van der Waals surface area contributed by atoms with Crippen LogP contribution in [0.4, 0.5) is 11.4 Å². The Morgan fingerprint density at radius 2 is 2.00 bits per heavy atom. The first-order valence-electron chi connectivity index (χ1n) is 5.16. The number of amides is 1. The van der Waals surface area contributed by atoms with Crippen molar-refractivity contribution in [1.29, 1.82) is 0 Å². The Morgan fingerprint density at radius 1 is 1.39 bits per heavy atom. The maximum atomic E-state index is 11.4. The van der Waals surface area contributed by atoms with Crippen LogP contribution in [-0.2, 0) is 9.59 Å². The van der Waals surface area contributed by atoms with Crippen LogP contribution in [-0.4, -0.2) is 28.5 Å². The number of carboxylic acid groups (broad SMARTS) is 1. The topological polar surface area (TPSA) is 101 Å². The van der Waals surface area contributed by atoms with Crippen molar-refractivity contribution in [2.24, 2.45) is 0 Å². The molecule has 0 aromatic heterocycles. The number of anilines is 1. The fourth-order valence-electron chi connectivity index (χ4n) is 1.50. The second kappa shape index (κ2) is 5.76. The third-order valence-corrected chi connectivity index (χ3v) is 2.30. The number of carbonyl (C=O) groups excluding carboxylic acids is 1. The Bertz CT molecular complexity index is 486. The molecule has 0 unspecified atom stereocenters. The molecule has 7 nitrogen and oxygen atoms in total. The van der Waals surface area contributed by atoms with Crippen molar-refractivity contribution in [2.75, 3.05) is 11.4 Å². The third kappa shape index (κ3) is 3.27. The van der Waals surface area contributed by atoms with Crippen molar-refractivity contribution in [3.8, 4) is 0 Å². The number of carboxylic acids is 1. The molecule has 1 aromatic carbocycles. The van der Waals surface area contributed by atoms with Gasteiger partial charge in [0.1, 0.15) is 5.69 Å². The lowest BCUT2D eigenvalue weighted by Gasteiger charge is -2.19. The van der Waals surface area contributed by atoms with Gasteiger partial charge in [0.05, 0.1) is 11.3 Å². The van der Waals surface area contributed by atoms with Gasteiger partial charge in [-0.05, 0) is 6.07 Å². The van der Waals surface area contributed by atoms with Crippen LogP contribution in [0.2, 0.25) is 0 Å². The Hall–Kier alpha value is -2.44. The number of nitro benzene ring substituents is 1. The van der Waals surface area contributed by atoms with E-state index in [1.807, 2.05) is 0 Å². The summed E-state index contributed by atoms with van der Waals surface area (Å²) in [5, 5.41) is 19.4. The number of aliphatic carboxylic acids is 1. The van der Waals surface area contributed by atoms with Crippen LogP contribution in [0.1, 0.15) is 13.3 Å². The quantitative estimate of drug-likeness (QED) is 0.630. The van der Waals surface area contributed by atoms with Gasteiger partial charge in [0, 0.05) is 19.5 Å². The van der Waals surface area contributed by atoms with Crippen LogP contribution in [0.5, 0.6) is 0 Å². The van der Waals surface area contributed by atoms with E-state index in [0.717, 1.165) is 4.90 Å². The van der Waals surface area contributed by atoms with E-state index in [0.29, 0.717) is 0 Å². The molecule has 1 N–H and O–H groups in total. The van der Waals surface area contributed by atoms with Gasteiger partial charge >= 0.3 is 5.97 Å². The highest BCUT2D eigenvalue weighted by molar-refractivity contribution is 5.94. The van der Waals surface area contributed by atoms with Gasteiger partial charge in [0.2, 0.25) is 5.91 Å². The molecule has 0 fully saturated rings. The molecule has 1 amide bonds. The molecule has 0 atom stereocenters. The molecule has 0 radical (unpaired) electrons. The number of para-hydroxylation sites is 2. The minimum absolute atomic E-state index is 0.102. The second-order valence-corrected chi connectivity index (χ2v) is 3.56. The van der Waals surface area contributed by atoms with Gasteiger partial charge in [-0.2, -0.15) is 0 Å². The smallest absolute Gasteiger partial charge is 0.305 e. The summed E-state index contributed by atoms with van der Waals surface area (Å²) in [5.41, 5.74) is -0.116. The lowest BCUT2D eigenvalue weighted by molar-refractivity contribution is -0.384. The van der Waals surface area contributed by atoms with Crippen molar-refractivity contribution in [3.05, 3.63) is 34.4 Å². The van der Waals surface area contributed by atoms with E-state index in [1.165, 1.54) is 25.1 Å². The van der Waals surface area contributed by atoms with E-state index in [2.05, 4.69) is 0 Å². The monoisotopic (exact) mass is 252 g/mol.